The summed E-state index contributed by atoms with van der Waals surface area (Å²) in [6.07, 6.45) is 2.16. The molecule has 3 heterocycles. The first-order chi connectivity index (χ1) is 12.2. The lowest BCUT2D eigenvalue weighted by atomic mass is 10.3. The minimum Gasteiger partial charge on any atom is -0.459 e. The molecule has 0 saturated carbocycles. The van der Waals surface area contributed by atoms with Crippen LogP contribution < -0.4 is 5.56 Å². The van der Waals surface area contributed by atoms with Gasteiger partial charge < -0.3 is 9.15 Å². The maximum Gasteiger partial charge on any atom is 0.306 e. The van der Waals surface area contributed by atoms with Crippen LogP contribution in [0, 0.1) is 0 Å². The number of carbonyl (C=O) groups excluding carboxylic acids is 1. The van der Waals surface area contributed by atoms with Crippen molar-refractivity contribution in [1.82, 2.24) is 14.4 Å². The number of esters is 1. The SMILES string of the molecule is O=C(CCc1nc2ccccc2o1)OCc1cc(=O)n2ccsc2n1. The van der Waals surface area contributed by atoms with Gasteiger partial charge in [0.15, 0.2) is 16.4 Å². The van der Waals surface area contributed by atoms with Crippen molar-refractivity contribution in [3.63, 3.8) is 0 Å². The zero-order valence-electron chi connectivity index (χ0n) is 13.0. The highest BCUT2D eigenvalue weighted by Gasteiger charge is 2.11. The van der Waals surface area contributed by atoms with Crippen LogP contribution >= 0.6 is 11.3 Å². The van der Waals surface area contributed by atoms with E-state index in [1.165, 1.54) is 21.8 Å². The Morgan fingerprint density at radius 2 is 2.16 bits per heavy atom. The second kappa shape index (κ2) is 6.48. The summed E-state index contributed by atoms with van der Waals surface area (Å²) in [5.74, 6) is 0.102. The Hall–Kier alpha value is -3.00. The number of para-hydroxylation sites is 2. The van der Waals surface area contributed by atoms with E-state index in [1.54, 1.807) is 11.6 Å². The maximum absolute atomic E-state index is 11.9. The fourth-order valence-corrected chi connectivity index (χ4v) is 3.16. The molecule has 8 heteroatoms. The number of fused-ring (bicyclic) bond motifs is 2. The van der Waals surface area contributed by atoms with E-state index in [2.05, 4.69) is 9.97 Å². The van der Waals surface area contributed by atoms with Gasteiger partial charge in [-0.3, -0.25) is 14.0 Å². The fourth-order valence-electron chi connectivity index (χ4n) is 2.42. The summed E-state index contributed by atoms with van der Waals surface area (Å²) in [6.45, 7) is -0.0317. The van der Waals surface area contributed by atoms with E-state index in [-0.39, 0.29) is 18.6 Å². The second-order valence-electron chi connectivity index (χ2n) is 5.38. The van der Waals surface area contributed by atoms with Crippen LogP contribution in [-0.2, 0) is 22.6 Å². The Kier molecular flexibility index (Phi) is 4.02. The van der Waals surface area contributed by atoms with Crippen LogP contribution in [-0.4, -0.2) is 20.3 Å². The van der Waals surface area contributed by atoms with E-state index in [9.17, 15) is 9.59 Å². The van der Waals surface area contributed by atoms with Crippen molar-refractivity contribution in [2.45, 2.75) is 19.4 Å². The van der Waals surface area contributed by atoms with E-state index < -0.39 is 5.97 Å². The molecule has 0 aliphatic rings. The second-order valence-corrected chi connectivity index (χ2v) is 6.25. The first-order valence-corrected chi connectivity index (χ1v) is 8.53. The molecule has 126 valence electrons. The molecule has 0 unspecified atom stereocenters. The number of aromatic nitrogens is 3. The van der Waals surface area contributed by atoms with Crippen LogP contribution in [0.1, 0.15) is 18.0 Å². The number of ether oxygens (including phenoxy) is 1. The third kappa shape index (κ3) is 3.29. The first kappa shape index (κ1) is 15.5. The van der Waals surface area contributed by atoms with Gasteiger partial charge in [-0.2, -0.15) is 0 Å². The summed E-state index contributed by atoms with van der Waals surface area (Å²) in [6, 6.07) is 8.79. The Bertz CT molecular complexity index is 1080. The molecule has 0 radical (unpaired) electrons. The summed E-state index contributed by atoms with van der Waals surface area (Å²) >= 11 is 1.35. The van der Waals surface area contributed by atoms with Crippen LogP contribution in [0.5, 0.6) is 0 Å². The van der Waals surface area contributed by atoms with E-state index in [4.69, 9.17) is 9.15 Å². The zero-order valence-corrected chi connectivity index (χ0v) is 13.9. The van der Waals surface area contributed by atoms with Crippen LogP contribution in [0.25, 0.3) is 16.1 Å². The highest BCUT2D eigenvalue weighted by atomic mass is 32.1. The molecule has 0 amide bonds. The average molecular weight is 355 g/mol. The van der Waals surface area contributed by atoms with Gasteiger partial charge in [0.05, 0.1) is 12.1 Å². The lowest BCUT2D eigenvalue weighted by molar-refractivity contribution is -0.145. The predicted molar refractivity (Wildman–Crippen MR) is 91.5 cm³/mol. The topological polar surface area (TPSA) is 86.7 Å². The maximum atomic E-state index is 11.9. The van der Waals surface area contributed by atoms with Crippen LogP contribution in [0.15, 0.2) is 51.1 Å². The number of benzene rings is 1. The summed E-state index contributed by atoms with van der Waals surface area (Å²) in [5, 5.41) is 1.78. The summed E-state index contributed by atoms with van der Waals surface area (Å²) in [4.78, 5) is 32.9. The van der Waals surface area contributed by atoms with Crippen LogP contribution in [0.3, 0.4) is 0 Å². The molecule has 0 atom stereocenters. The number of rotatable bonds is 5. The summed E-state index contributed by atoms with van der Waals surface area (Å²) < 4.78 is 12.2. The van der Waals surface area contributed by atoms with Gasteiger partial charge in [-0.1, -0.05) is 12.1 Å². The van der Waals surface area contributed by atoms with Crippen molar-refractivity contribution in [1.29, 1.82) is 0 Å². The molecule has 0 fully saturated rings. The molecule has 4 aromatic rings. The normalized spacial score (nSPS) is 11.2. The minimum absolute atomic E-state index is 0.0317. The van der Waals surface area contributed by atoms with Crippen molar-refractivity contribution in [3.8, 4) is 0 Å². The molecule has 0 N–H and O–H groups in total. The highest BCUT2D eigenvalue weighted by Crippen LogP contribution is 2.16. The molecule has 0 spiro atoms. The fraction of sp³-hybridized carbons (Fsp3) is 0.176. The third-order valence-corrected chi connectivity index (χ3v) is 4.38. The number of carbonyl (C=O) groups is 1. The van der Waals surface area contributed by atoms with E-state index in [0.29, 0.717) is 28.5 Å². The molecule has 25 heavy (non-hydrogen) atoms. The Balaban J connectivity index is 1.36. The van der Waals surface area contributed by atoms with Gasteiger partial charge in [0.25, 0.3) is 5.56 Å². The van der Waals surface area contributed by atoms with Crippen molar-refractivity contribution in [3.05, 3.63) is 63.8 Å². The molecule has 0 saturated heterocycles. The molecule has 7 nitrogen and oxygen atoms in total. The van der Waals surface area contributed by atoms with Gasteiger partial charge in [-0.05, 0) is 12.1 Å². The molecule has 4 rings (SSSR count). The van der Waals surface area contributed by atoms with Crippen LogP contribution in [0.4, 0.5) is 0 Å². The van der Waals surface area contributed by atoms with Gasteiger partial charge in [-0.15, -0.1) is 11.3 Å². The molecular weight excluding hydrogens is 342 g/mol. The molecular formula is C17H13N3O4S. The number of nitrogens with zero attached hydrogens (tertiary/aromatic N) is 3. The zero-order chi connectivity index (χ0) is 17.2. The van der Waals surface area contributed by atoms with Gasteiger partial charge in [-0.25, -0.2) is 9.97 Å². The predicted octanol–water partition coefficient (Wildman–Crippen LogP) is 2.57. The Morgan fingerprint density at radius 1 is 1.28 bits per heavy atom. The molecule has 1 aromatic carbocycles. The van der Waals surface area contributed by atoms with Crippen LogP contribution in [0.2, 0.25) is 0 Å². The lowest BCUT2D eigenvalue weighted by Crippen LogP contribution is -2.14. The van der Waals surface area contributed by atoms with Crippen molar-refractivity contribution < 1.29 is 13.9 Å². The van der Waals surface area contributed by atoms with Gasteiger partial charge in [0.2, 0.25) is 0 Å². The minimum atomic E-state index is -0.393. The van der Waals surface area contributed by atoms with E-state index >= 15 is 0 Å². The standard InChI is InChI=1S/C17H13N3O4S/c21-15-9-11(18-17-20(15)7-8-25-17)10-23-16(22)6-5-14-19-12-3-1-2-4-13(12)24-14/h1-4,7-9H,5-6,10H2. The Morgan fingerprint density at radius 3 is 3.04 bits per heavy atom. The van der Waals surface area contributed by atoms with Gasteiger partial charge in [0, 0.05) is 24.1 Å². The summed E-state index contributed by atoms with van der Waals surface area (Å²) in [7, 11) is 0. The van der Waals surface area contributed by atoms with Crippen molar-refractivity contribution in [2.24, 2.45) is 0 Å². The average Bonchev–Trinajstić information content (AvgIpc) is 3.24. The van der Waals surface area contributed by atoms with Gasteiger partial charge >= 0.3 is 5.97 Å². The largest absolute Gasteiger partial charge is 0.459 e. The third-order valence-electron chi connectivity index (χ3n) is 3.62. The van der Waals surface area contributed by atoms with E-state index in [1.807, 2.05) is 24.3 Å². The number of hydrogen-bond donors (Lipinski definition) is 0. The highest BCUT2D eigenvalue weighted by molar-refractivity contribution is 7.15. The van der Waals surface area contributed by atoms with Gasteiger partial charge in [0.1, 0.15) is 12.1 Å². The number of thiazole rings is 1. The van der Waals surface area contributed by atoms with E-state index in [0.717, 1.165) is 5.52 Å². The quantitative estimate of drug-likeness (QED) is 0.511. The smallest absolute Gasteiger partial charge is 0.306 e. The molecule has 0 bridgehead atoms. The monoisotopic (exact) mass is 355 g/mol. The van der Waals surface area contributed by atoms with Crippen molar-refractivity contribution >= 4 is 33.4 Å². The Labute approximate surface area is 145 Å². The number of aryl methyl sites for hydroxylation is 1. The number of oxazole rings is 1. The molecule has 3 aromatic heterocycles. The number of hydrogen-bond acceptors (Lipinski definition) is 7. The summed E-state index contributed by atoms with van der Waals surface area (Å²) in [5.41, 5.74) is 1.70. The lowest BCUT2D eigenvalue weighted by Gasteiger charge is -2.03. The molecule has 0 aliphatic heterocycles. The van der Waals surface area contributed by atoms with Crippen molar-refractivity contribution in [2.75, 3.05) is 0 Å². The molecule has 0 aliphatic carbocycles. The first-order valence-electron chi connectivity index (χ1n) is 7.65.